The average molecular weight is 455 g/mol. The molecule has 0 aliphatic carbocycles. The first-order chi connectivity index (χ1) is 15.7. The fourth-order valence-electron chi connectivity index (χ4n) is 3.50. The van der Waals surface area contributed by atoms with Crippen LogP contribution >= 0.6 is 0 Å². The first-order valence-electron chi connectivity index (χ1n) is 9.67. The summed E-state index contributed by atoms with van der Waals surface area (Å²) in [5.74, 6) is -1.30. The second kappa shape index (κ2) is 8.34. The van der Waals surface area contributed by atoms with Gasteiger partial charge in [-0.15, -0.1) is 0 Å². The summed E-state index contributed by atoms with van der Waals surface area (Å²) in [7, 11) is 0. The molecule has 1 saturated heterocycles. The van der Waals surface area contributed by atoms with E-state index in [4.69, 9.17) is 0 Å². The van der Waals surface area contributed by atoms with Crippen molar-refractivity contribution in [2.45, 2.75) is 11.7 Å². The number of imide groups is 1. The van der Waals surface area contributed by atoms with Crippen LogP contribution in [0.3, 0.4) is 0 Å². The molecule has 0 spiro atoms. The molecule has 0 unspecified atom stereocenters. The Morgan fingerprint density at radius 1 is 1.00 bits per heavy atom. The number of nitrogens with one attached hydrogen (secondary N) is 3. The molecule has 1 aliphatic rings. The molecule has 1 atom stereocenters. The predicted molar refractivity (Wildman–Crippen MR) is 110 cm³/mol. The molecule has 0 bridgehead atoms. The lowest BCUT2D eigenvalue weighted by Gasteiger charge is -2.25. The fraction of sp³-hybridized carbons (Fsp3) is 0.136. The highest BCUT2D eigenvalue weighted by molar-refractivity contribution is 6.08. The molecular formula is C22H16F3N5O3. The molecule has 1 aromatic heterocycles. The Kier molecular flexibility index (Phi) is 5.54. The largest absolute Gasteiger partial charge is 0.416 e. The zero-order valence-corrected chi connectivity index (χ0v) is 16.8. The average Bonchev–Trinajstić information content (AvgIpc) is 3.11. The number of alkyl halides is 3. The normalized spacial score (nSPS) is 17.9. The van der Waals surface area contributed by atoms with E-state index in [2.05, 4.69) is 26.1 Å². The molecule has 4 amide bonds. The Bertz CT molecular complexity index is 1220. The minimum absolute atomic E-state index is 0.129. The lowest BCUT2D eigenvalue weighted by atomic mass is 9.94. The first kappa shape index (κ1) is 21.9. The summed E-state index contributed by atoms with van der Waals surface area (Å²) in [5.41, 5.74) is -1.35. The number of nitrogens with zero attached hydrogens (tertiary/aromatic N) is 2. The van der Waals surface area contributed by atoms with Gasteiger partial charge < -0.3 is 10.6 Å². The lowest BCUT2D eigenvalue weighted by Crippen LogP contribution is -2.53. The van der Waals surface area contributed by atoms with Gasteiger partial charge in [0.15, 0.2) is 5.54 Å². The van der Waals surface area contributed by atoms with E-state index < -0.39 is 35.1 Å². The van der Waals surface area contributed by atoms with E-state index in [1.54, 1.807) is 18.2 Å². The maximum absolute atomic E-state index is 13.0. The number of carbonyl (C=O) groups is 3. The summed E-state index contributed by atoms with van der Waals surface area (Å²) in [4.78, 5) is 37.4. The summed E-state index contributed by atoms with van der Waals surface area (Å²) in [6, 6.07) is 13.1. The van der Waals surface area contributed by atoms with Crippen LogP contribution in [0, 0.1) is 0 Å². The summed E-state index contributed by atoms with van der Waals surface area (Å²) in [6.07, 6.45) is -3.08. The SMILES string of the molecule is O=C1NC(=O)[C@@](CNC(=O)c2ccccc2-c2ccc(C(F)(F)F)cc2)(c2cccnn2)N1. The summed E-state index contributed by atoms with van der Waals surface area (Å²) >= 11 is 0. The van der Waals surface area contributed by atoms with Gasteiger partial charge in [0.05, 0.1) is 12.1 Å². The number of urea groups is 1. The van der Waals surface area contributed by atoms with Crippen LogP contribution in [-0.2, 0) is 16.5 Å². The van der Waals surface area contributed by atoms with Gasteiger partial charge in [0.25, 0.3) is 11.8 Å². The summed E-state index contributed by atoms with van der Waals surface area (Å²) in [5, 5.41) is 14.8. The number of hydrogen-bond donors (Lipinski definition) is 3. The molecule has 33 heavy (non-hydrogen) atoms. The van der Waals surface area contributed by atoms with E-state index in [1.165, 1.54) is 36.5 Å². The van der Waals surface area contributed by atoms with Gasteiger partial charge >= 0.3 is 12.2 Å². The van der Waals surface area contributed by atoms with Gasteiger partial charge in [-0.25, -0.2) is 4.79 Å². The van der Waals surface area contributed by atoms with E-state index in [-0.39, 0.29) is 17.8 Å². The van der Waals surface area contributed by atoms with Crippen LogP contribution in [0.15, 0.2) is 66.9 Å². The van der Waals surface area contributed by atoms with Crippen molar-refractivity contribution >= 4 is 17.8 Å². The summed E-state index contributed by atoms with van der Waals surface area (Å²) < 4.78 is 38.6. The maximum Gasteiger partial charge on any atom is 0.416 e. The van der Waals surface area contributed by atoms with Crippen molar-refractivity contribution in [1.82, 2.24) is 26.1 Å². The van der Waals surface area contributed by atoms with Crippen LogP contribution in [0.4, 0.5) is 18.0 Å². The third-order valence-corrected chi connectivity index (χ3v) is 5.16. The molecule has 1 aliphatic heterocycles. The second-order valence-corrected chi connectivity index (χ2v) is 7.23. The van der Waals surface area contributed by atoms with E-state index in [1.807, 2.05) is 0 Å². The fourth-order valence-corrected chi connectivity index (χ4v) is 3.50. The van der Waals surface area contributed by atoms with Crippen molar-refractivity contribution < 1.29 is 27.6 Å². The van der Waals surface area contributed by atoms with Crippen LogP contribution in [-0.4, -0.2) is 34.6 Å². The maximum atomic E-state index is 13.0. The molecule has 168 valence electrons. The second-order valence-electron chi connectivity index (χ2n) is 7.23. The number of rotatable bonds is 5. The molecule has 11 heteroatoms. The number of aromatic nitrogens is 2. The quantitative estimate of drug-likeness (QED) is 0.512. The first-order valence-corrected chi connectivity index (χ1v) is 9.67. The number of amides is 4. The zero-order valence-electron chi connectivity index (χ0n) is 16.8. The number of halogens is 3. The van der Waals surface area contributed by atoms with Gasteiger partial charge in [0.2, 0.25) is 0 Å². The Labute approximate surface area is 185 Å². The van der Waals surface area contributed by atoms with Gasteiger partial charge in [0, 0.05) is 11.8 Å². The minimum atomic E-state index is -4.48. The Morgan fingerprint density at radius 2 is 1.73 bits per heavy atom. The third kappa shape index (κ3) is 4.25. The van der Waals surface area contributed by atoms with E-state index in [0.29, 0.717) is 11.1 Å². The van der Waals surface area contributed by atoms with Crippen LogP contribution in [0.5, 0.6) is 0 Å². The van der Waals surface area contributed by atoms with Gasteiger partial charge in [-0.1, -0.05) is 30.3 Å². The van der Waals surface area contributed by atoms with Crippen molar-refractivity contribution in [1.29, 1.82) is 0 Å². The standard InChI is InChI=1S/C22H16F3N5O3/c23-22(24,25)14-9-7-13(8-10-14)15-4-1-2-5-16(15)18(31)26-12-21(17-6-3-11-27-30-17)19(32)28-20(33)29-21/h1-11H,12H2,(H,26,31)(H2,28,29,32,33)/t21-/m1/s1. The van der Waals surface area contributed by atoms with Crippen LogP contribution in [0.2, 0.25) is 0 Å². The Balaban J connectivity index is 1.61. The van der Waals surface area contributed by atoms with Crippen LogP contribution in [0.1, 0.15) is 21.6 Å². The predicted octanol–water partition coefficient (Wildman–Crippen LogP) is 2.63. The van der Waals surface area contributed by atoms with E-state index >= 15 is 0 Å². The van der Waals surface area contributed by atoms with Gasteiger partial charge in [-0.3, -0.25) is 14.9 Å². The number of benzene rings is 2. The van der Waals surface area contributed by atoms with Gasteiger partial charge in [-0.05, 0) is 41.5 Å². The highest BCUT2D eigenvalue weighted by Crippen LogP contribution is 2.32. The van der Waals surface area contributed by atoms with Crippen molar-refractivity contribution in [2.75, 3.05) is 6.54 Å². The van der Waals surface area contributed by atoms with E-state index in [0.717, 1.165) is 12.1 Å². The van der Waals surface area contributed by atoms with Crippen molar-refractivity contribution in [3.63, 3.8) is 0 Å². The number of carbonyl (C=O) groups excluding carboxylic acids is 3. The van der Waals surface area contributed by atoms with Crippen LogP contribution < -0.4 is 16.0 Å². The van der Waals surface area contributed by atoms with Crippen molar-refractivity contribution in [2.24, 2.45) is 0 Å². The molecule has 1 fully saturated rings. The molecule has 8 nitrogen and oxygen atoms in total. The highest BCUT2D eigenvalue weighted by Gasteiger charge is 2.49. The van der Waals surface area contributed by atoms with Crippen LogP contribution in [0.25, 0.3) is 11.1 Å². The Hall–Kier alpha value is -4.28. The zero-order chi connectivity index (χ0) is 23.6. The molecule has 0 saturated carbocycles. The number of hydrogen-bond acceptors (Lipinski definition) is 5. The topological polar surface area (TPSA) is 113 Å². The van der Waals surface area contributed by atoms with Gasteiger partial charge in [0.1, 0.15) is 5.69 Å². The third-order valence-electron chi connectivity index (χ3n) is 5.16. The van der Waals surface area contributed by atoms with Crippen molar-refractivity contribution in [3.05, 3.63) is 83.7 Å². The van der Waals surface area contributed by atoms with Crippen molar-refractivity contribution in [3.8, 4) is 11.1 Å². The highest BCUT2D eigenvalue weighted by atomic mass is 19.4. The monoisotopic (exact) mass is 455 g/mol. The van der Waals surface area contributed by atoms with Gasteiger partial charge in [-0.2, -0.15) is 23.4 Å². The molecule has 2 aromatic carbocycles. The molecular weight excluding hydrogens is 439 g/mol. The smallest absolute Gasteiger partial charge is 0.349 e. The Morgan fingerprint density at radius 3 is 2.33 bits per heavy atom. The lowest BCUT2D eigenvalue weighted by molar-refractivity contribution is -0.137. The van der Waals surface area contributed by atoms with E-state index in [9.17, 15) is 27.6 Å². The molecule has 2 heterocycles. The molecule has 3 N–H and O–H groups in total. The molecule has 4 rings (SSSR count). The molecule has 3 aromatic rings. The summed E-state index contributed by atoms with van der Waals surface area (Å²) in [6.45, 7) is -0.330. The molecule has 0 radical (unpaired) electrons. The minimum Gasteiger partial charge on any atom is -0.349 e.